The highest BCUT2D eigenvalue weighted by atomic mass is 35.5. The summed E-state index contributed by atoms with van der Waals surface area (Å²) in [6.45, 7) is 1.65. The lowest BCUT2D eigenvalue weighted by molar-refractivity contribution is -0.116. The molecule has 4 rings (SSSR count). The lowest BCUT2D eigenvalue weighted by Gasteiger charge is -2.13. The standard InChI is InChI=1S/C23H20ClN3O4S/c1-13-8-18(19(31-3)9-17(13)24)26-20(28)10-27-12-25-21-16(11-32-22(21)23(27)29)14-4-6-15(30-2)7-5-14/h4-9,11-12H,10H2,1-3H3,(H,26,28). The fourth-order valence-corrected chi connectivity index (χ4v) is 4.43. The Morgan fingerprint density at radius 2 is 1.94 bits per heavy atom. The second-order valence-electron chi connectivity index (χ2n) is 7.08. The number of rotatable bonds is 6. The first kappa shape index (κ1) is 21.9. The lowest BCUT2D eigenvalue weighted by atomic mass is 10.1. The summed E-state index contributed by atoms with van der Waals surface area (Å²) < 4.78 is 12.3. The smallest absolute Gasteiger partial charge is 0.271 e. The third kappa shape index (κ3) is 4.19. The van der Waals surface area contributed by atoms with E-state index in [4.69, 9.17) is 21.1 Å². The molecular weight excluding hydrogens is 450 g/mol. The normalized spacial score (nSPS) is 10.9. The van der Waals surface area contributed by atoms with Crippen molar-refractivity contribution in [3.8, 4) is 22.6 Å². The maximum absolute atomic E-state index is 13.0. The van der Waals surface area contributed by atoms with Crippen molar-refractivity contribution in [1.29, 1.82) is 0 Å². The zero-order valence-electron chi connectivity index (χ0n) is 17.6. The van der Waals surface area contributed by atoms with E-state index >= 15 is 0 Å². The van der Waals surface area contributed by atoms with Crippen LogP contribution in [0.2, 0.25) is 5.02 Å². The van der Waals surface area contributed by atoms with Crippen LogP contribution in [0.15, 0.2) is 52.9 Å². The molecule has 2 aromatic carbocycles. The summed E-state index contributed by atoms with van der Waals surface area (Å²) in [7, 11) is 3.11. The Hall–Kier alpha value is -3.36. The number of amides is 1. The van der Waals surface area contributed by atoms with Crippen molar-refractivity contribution in [2.24, 2.45) is 0 Å². The molecular formula is C23H20ClN3O4S. The molecule has 1 N–H and O–H groups in total. The summed E-state index contributed by atoms with van der Waals surface area (Å²) in [5, 5.41) is 5.21. The molecule has 32 heavy (non-hydrogen) atoms. The maximum Gasteiger partial charge on any atom is 0.271 e. The van der Waals surface area contributed by atoms with Crippen LogP contribution < -0.4 is 20.3 Å². The second-order valence-corrected chi connectivity index (χ2v) is 8.37. The summed E-state index contributed by atoms with van der Waals surface area (Å²) in [4.78, 5) is 30.1. The molecule has 2 heterocycles. The first-order valence-corrected chi connectivity index (χ1v) is 10.9. The lowest BCUT2D eigenvalue weighted by Crippen LogP contribution is -2.27. The zero-order valence-corrected chi connectivity index (χ0v) is 19.2. The molecule has 164 valence electrons. The van der Waals surface area contributed by atoms with Crippen LogP contribution in [0.1, 0.15) is 5.56 Å². The summed E-state index contributed by atoms with van der Waals surface area (Å²) in [6, 6.07) is 10.9. The minimum absolute atomic E-state index is 0.178. The van der Waals surface area contributed by atoms with E-state index in [-0.39, 0.29) is 18.0 Å². The Kier molecular flexibility index (Phi) is 6.16. The number of hydrogen-bond donors (Lipinski definition) is 1. The molecule has 7 nitrogen and oxygen atoms in total. The molecule has 0 saturated heterocycles. The van der Waals surface area contributed by atoms with E-state index in [0.29, 0.717) is 26.7 Å². The molecule has 0 aliphatic heterocycles. The Balaban J connectivity index is 1.59. The van der Waals surface area contributed by atoms with Gasteiger partial charge >= 0.3 is 0 Å². The SMILES string of the molecule is COc1ccc(-c2csc3c(=O)n(CC(=O)Nc4cc(C)c(Cl)cc4OC)cnc23)cc1. The van der Waals surface area contributed by atoms with Gasteiger partial charge in [-0.05, 0) is 36.2 Å². The Labute approximate surface area is 193 Å². The molecule has 2 aromatic heterocycles. The molecule has 4 aromatic rings. The number of aryl methyl sites for hydroxylation is 1. The monoisotopic (exact) mass is 469 g/mol. The van der Waals surface area contributed by atoms with E-state index in [1.165, 1.54) is 29.3 Å². The van der Waals surface area contributed by atoms with Gasteiger partial charge in [-0.1, -0.05) is 23.7 Å². The predicted molar refractivity (Wildman–Crippen MR) is 127 cm³/mol. The van der Waals surface area contributed by atoms with E-state index in [1.807, 2.05) is 36.6 Å². The zero-order chi connectivity index (χ0) is 22.8. The fourth-order valence-electron chi connectivity index (χ4n) is 3.30. The summed E-state index contributed by atoms with van der Waals surface area (Å²) in [6.07, 6.45) is 1.40. The van der Waals surface area contributed by atoms with Crippen LogP contribution in [-0.2, 0) is 11.3 Å². The van der Waals surface area contributed by atoms with E-state index in [2.05, 4.69) is 10.3 Å². The van der Waals surface area contributed by atoms with Gasteiger partial charge in [0.1, 0.15) is 22.7 Å². The number of hydrogen-bond acceptors (Lipinski definition) is 6. The van der Waals surface area contributed by atoms with Crippen LogP contribution in [0, 0.1) is 6.92 Å². The number of nitrogens with zero attached hydrogens (tertiary/aromatic N) is 2. The molecule has 9 heteroatoms. The third-order valence-electron chi connectivity index (χ3n) is 5.02. The van der Waals surface area contributed by atoms with Crippen molar-refractivity contribution in [2.75, 3.05) is 19.5 Å². The molecule has 0 spiro atoms. The largest absolute Gasteiger partial charge is 0.497 e. The quantitative estimate of drug-likeness (QED) is 0.441. The molecule has 0 aliphatic carbocycles. The number of carbonyl (C=O) groups is 1. The minimum Gasteiger partial charge on any atom is -0.497 e. The van der Waals surface area contributed by atoms with Gasteiger partial charge in [-0.15, -0.1) is 11.3 Å². The second kappa shape index (κ2) is 9.02. The molecule has 0 fully saturated rings. The van der Waals surface area contributed by atoms with Gasteiger partial charge < -0.3 is 14.8 Å². The van der Waals surface area contributed by atoms with E-state index in [9.17, 15) is 9.59 Å². The number of benzene rings is 2. The van der Waals surface area contributed by atoms with Crippen LogP contribution >= 0.6 is 22.9 Å². The Bertz CT molecular complexity index is 1360. The van der Waals surface area contributed by atoms with Gasteiger partial charge in [-0.3, -0.25) is 14.2 Å². The van der Waals surface area contributed by atoms with Crippen LogP contribution in [0.3, 0.4) is 0 Å². The highest BCUT2D eigenvalue weighted by Crippen LogP contribution is 2.32. The van der Waals surface area contributed by atoms with Crippen molar-refractivity contribution in [3.63, 3.8) is 0 Å². The van der Waals surface area contributed by atoms with Gasteiger partial charge in [0.15, 0.2) is 0 Å². The number of aromatic nitrogens is 2. The van der Waals surface area contributed by atoms with Gasteiger partial charge in [0, 0.05) is 22.0 Å². The van der Waals surface area contributed by atoms with Crippen molar-refractivity contribution in [2.45, 2.75) is 13.5 Å². The van der Waals surface area contributed by atoms with Gasteiger partial charge in [0.25, 0.3) is 5.56 Å². The van der Waals surface area contributed by atoms with Crippen molar-refractivity contribution >= 4 is 44.7 Å². The van der Waals surface area contributed by atoms with Crippen molar-refractivity contribution < 1.29 is 14.3 Å². The number of thiophene rings is 1. The number of nitrogens with one attached hydrogen (secondary N) is 1. The van der Waals surface area contributed by atoms with E-state index in [1.54, 1.807) is 19.2 Å². The van der Waals surface area contributed by atoms with E-state index in [0.717, 1.165) is 22.4 Å². The van der Waals surface area contributed by atoms with Crippen molar-refractivity contribution in [3.05, 3.63) is 69.0 Å². The van der Waals surface area contributed by atoms with E-state index < -0.39 is 0 Å². The maximum atomic E-state index is 13.0. The van der Waals surface area contributed by atoms with Crippen LogP contribution in [0.5, 0.6) is 11.5 Å². The number of anilines is 1. The first-order chi connectivity index (χ1) is 15.4. The molecule has 0 saturated carbocycles. The highest BCUT2D eigenvalue weighted by molar-refractivity contribution is 7.17. The Morgan fingerprint density at radius 1 is 1.19 bits per heavy atom. The fraction of sp³-hybridized carbons (Fsp3) is 0.174. The minimum atomic E-state index is -0.375. The molecule has 0 unspecified atom stereocenters. The first-order valence-electron chi connectivity index (χ1n) is 9.66. The molecule has 1 amide bonds. The van der Waals surface area contributed by atoms with Crippen LogP contribution in [0.4, 0.5) is 5.69 Å². The average Bonchev–Trinajstić information content (AvgIpc) is 3.23. The number of fused-ring (bicyclic) bond motifs is 1. The predicted octanol–water partition coefficient (Wildman–Crippen LogP) is 4.74. The number of ether oxygens (including phenoxy) is 2. The topological polar surface area (TPSA) is 82.5 Å². The number of carbonyl (C=O) groups excluding carboxylic acids is 1. The molecule has 0 bridgehead atoms. The molecule has 0 atom stereocenters. The van der Waals surface area contributed by atoms with Gasteiger partial charge in [0.05, 0.1) is 31.8 Å². The summed E-state index contributed by atoms with van der Waals surface area (Å²) in [5.74, 6) is 0.819. The summed E-state index contributed by atoms with van der Waals surface area (Å²) in [5.41, 5.74) is 3.42. The third-order valence-corrected chi connectivity index (χ3v) is 6.38. The van der Waals surface area contributed by atoms with Gasteiger partial charge in [-0.25, -0.2) is 4.98 Å². The van der Waals surface area contributed by atoms with Gasteiger partial charge in [0.2, 0.25) is 5.91 Å². The Morgan fingerprint density at radius 3 is 2.62 bits per heavy atom. The van der Waals surface area contributed by atoms with Crippen molar-refractivity contribution in [1.82, 2.24) is 9.55 Å². The molecule has 0 aliphatic rings. The number of halogens is 1. The van der Waals surface area contributed by atoms with Crippen LogP contribution in [0.25, 0.3) is 21.3 Å². The van der Waals surface area contributed by atoms with Crippen LogP contribution in [-0.4, -0.2) is 29.7 Å². The number of methoxy groups -OCH3 is 2. The average molecular weight is 470 g/mol. The molecule has 0 radical (unpaired) electrons. The summed E-state index contributed by atoms with van der Waals surface area (Å²) >= 11 is 7.42. The highest BCUT2D eigenvalue weighted by Gasteiger charge is 2.15. The van der Waals surface area contributed by atoms with Gasteiger partial charge in [-0.2, -0.15) is 0 Å².